The Labute approximate surface area is 210 Å². The van der Waals surface area contributed by atoms with Crippen LogP contribution in [0.3, 0.4) is 0 Å². The molecule has 10 heteroatoms. The maximum atomic E-state index is 12.0. The van der Waals surface area contributed by atoms with Gasteiger partial charge in [0.25, 0.3) is 0 Å². The summed E-state index contributed by atoms with van der Waals surface area (Å²) in [6, 6.07) is 7.42. The van der Waals surface area contributed by atoms with Gasteiger partial charge in [0, 0.05) is 0 Å². The van der Waals surface area contributed by atoms with Gasteiger partial charge in [-0.2, -0.15) is 0 Å². The van der Waals surface area contributed by atoms with Crippen molar-refractivity contribution in [3.63, 3.8) is 0 Å². The highest BCUT2D eigenvalue weighted by molar-refractivity contribution is 7.46. The maximum Gasteiger partial charge on any atom is 0.474 e. The lowest BCUT2D eigenvalue weighted by atomic mass is 10.0. The van der Waals surface area contributed by atoms with Crippen LogP contribution < -0.4 is 4.74 Å². The maximum absolute atomic E-state index is 12.0. The number of hydrogen-bond acceptors (Lipinski definition) is 7. The molecule has 0 aliphatic carbocycles. The van der Waals surface area contributed by atoms with Crippen molar-refractivity contribution in [1.29, 1.82) is 0 Å². The van der Waals surface area contributed by atoms with E-state index in [1.807, 2.05) is 12.1 Å². The highest BCUT2D eigenvalue weighted by Gasteiger charge is 2.65. The molecule has 2 N–H and O–H groups in total. The lowest BCUT2D eigenvalue weighted by molar-refractivity contribution is -0.527. The first-order valence-electron chi connectivity index (χ1n) is 12.8. The summed E-state index contributed by atoms with van der Waals surface area (Å²) in [5.74, 6) is -4.31. The summed E-state index contributed by atoms with van der Waals surface area (Å²) in [6.07, 6.45) is 9.00. The van der Waals surface area contributed by atoms with Crippen LogP contribution >= 0.6 is 7.82 Å². The zero-order valence-corrected chi connectivity index (χ0v) is 22.9. The summed E-state index contributed by atoms with van der Waals surface area (Å²) in [4.78, 5) is 19.4. The molecule has 0 aliphatic heterocycles. The molecule has 204 valence electrons. The fraction of sp³-hybridized carbons (Fsp3) is 0.760. The number of ether oxygens (including phenoxy) is 5. The summed E-state index contributed by atoms with van der Waals surface area (Å²) in [5.41, 5.74) is 0.905. The van der Waals surface area contributed by atoms with Crippen LogP contribution in [0, 0.1) is 0 Å². The predicted molar refractivity (Wildman–Crippen MR) is 134 cm³/mol. The van der Waals surface area contributed by atoms with Gasteiger partial charge in [-0.25, -0.2) is 9.09 Å². The van der Waals surface area contributed by atoms with E-state index >= 15 is 0 Å². The molecule has 0 fully saturated rings. The lowest BCUT2D eigenvalue weighted by Crippen LogP contribution is -2.65. The zero-order valence-electron chi connectivity index (χ0n) is 22.0. The first-order valence-corrected chi connectivity index (χ1v) is 14.3. The molecule has 1 aromatic rings. The minimum Gasteiger partial charge on any atom is -0.433 e. The van der Waals surface area contributed by atoms with E-state index in [1.165, 1.54) is 32.1 Å². The molecule has 35 heavy (non-hydrogen) atoms. The molecule has 0 heterocycles. The van der Waals surface area contributed by atoms with E-state index in [2.05, 4.69) is 6.92 Å². The molecule has 0 aromatic heterocycles. The number of aryl methyl sites for hydroxylation is 1. The Morgan fingerprint density at radius 2 is 1.20 bits per heavy atom. The summed E-state index contributed by atoms with van der Waals surface area (Å²) < 4.78 is 46.4. The first kappa shape index (κ1) is 32.0. The van der Waals surface area contributed by atoms with Crippen molar-refractivity contribution in [2.45, 2.75) is 97.9 Å². The molecule has 0 unspecified atom stereocenters. The minimum atomic E-state index is -5.13. The van der Waals surface area contributed by atoms with Crippen LogP contribution in [0.1, 0.15) is 85.1 Å². The van der Waals surface area contributed by atoms with Crippen LogP contribution in [-0.4, -0.2) is 48.2 Å². The molecule has 0 atom stereocenters. The van der Waals surface area contributed by atoms with Crippen molar-refractivity contribution in [2.75, 3.05) is 26.4 Å². The summed E-state index contributed by atoms with van der Waals surface area (Å²) >= 11 is 0. The Balaban J connectivity index is 3.30. The van der Waals surface area contributed by atoms with Crippen LogP contribution in [0.15, 0.2) is 24.3 Å². The van der Waals surface area contributed by atoms with Crippen molar-refractivity contribution < 1.29 is 42.6 Å². The molecule has 0 amide bonds. The third-order valence-electron chi connectivity index (χ3n) is 5.22. The van der Waals surface area contributed by atoms with Gasteiger partial charge >= 0.3 is 19.8 Å². The predicted octanol–water partition coefficient (Wildman–Crippen LogP) is 5.92. The number of para-hydroxylation sites is 1. The lowest BCUT2D eigenvalue weighted by Gasteiger charge is -2.45. The first-order chi connectivity index (χ1) is 16.7. The van der Waals surface area contributed by atoms with Gasteiger partial charge in [0.05, 0.1) is 26.4 Å². The third kappa shape index (κ3) is 10.5. The number of hydrogen-bond donors (Lipinski definition) is 2. The van der Waals surface area contributed by atoms with Crippen LogP contribution in [0.25, 0.3) is 0 Å². The van der Waals surface area contributed by atoms with Crippen molar-refractivity contribution in [2.24, 2.45) is 0 Å². The van der Waals surface area contributed by atoms with Crippen molar-refractivity contribution >= 4 is 7.82 Å². The number of unbranched alkanes of at least 4 members (excludes halogenated alkanes) is 6. The monoisotopic (exact) mass is 520 g/mol. The molecule has 1 aromatic carbocycles. The fourth-order valence-corrected chi connectivity index (χ4v) is 4.34. The topological polar surface area (TPSA) is 113 Å². The number of benzene rings is 1. The van der Waals surface area contributed by atoms with E-state index in [9.17, 15) is 14.4 Å². The number of rotatable bonds is 21. The SMILES string of the molecule is CCCCCCCCCc1ccccc1OC(OCC)(OCC)C(OCC)(OCC)OP(=O)(O)O. The molecule has 0 bridgehead atoms. The van der Waals surface area contributed by atoms with Gasteiger partial charge in [-0.3, -0.25) is 0 Å². The van der Waals surface area contributed by atoms with E-state index in [-0.39, 0.29) is 26.4 Å². The third-order valence-corrected chi connectivity index (χ3v) is 5.70. The second-order valence-electron chi connectivity index (χ2n) is 8.01. The molecule has 1 rings (SSSR count). The average molecular weight is 521 g/mol. The zero-order chi connectivity index (χ0) is 26.2. The van der Waals surface area contributed by atoms with Crippen LogP contribution in [0.4, 0.5) is 0 Å². The molecule has 0 spiro atoms. The summed E-state index contributed by atoms with van der Waals surface area (Å²) in [7, 11) is -5.13. The normalized spacial score (nSPS) is 12.8. The van der Waals surface area contributed by atoms with Gasteiger partial charge in [0.1, 0.15) is 5.75 Å². The minimum absolute atomic E-state index is 0.0229. The fourth-order valence-electron chi connectivity index (χ4n) is 3.81. The van der Waals surface area contributed by atoms with Gasteiger partial charge in [-0.1, -0.05) is 63.6 Å². The summed E-state index contributed by atoms with van der Waals surface area (Å²) in [5, 5.41) is 0. The second kappa shape index (κ2) is 16.7. The van der Waals surface area contributed by atoms with Crippen molar-refractivity contribution in [3.8, 4) is 5.75 Å². The van der Waals surface area contributed by atoms with Gasteiger partial charge in [0.15, 0.2) is 0 Å². The van der Waals surface area contributed by atoms with Gasteiger partial charge in [-0.05, 0) is 52.2 Å². The van der Waals surface area contributed by atoms with E-state index in [0.29, 0.717) is 5.75 Å². The number of phosphoric ester groups is 1. The van der Waals surface area contributed by atoms with Gasteiger partial charge < -0.3 is 33.5 Å². The molecule has 0 saturated heterocycles. The molecule has 0 radical (unpaired) electrons. The molecular weight excluding hydrogens is 475 g/mol. The van der Waals surface area contributed by atoms with Gasteiger partial charge in [-0.15, -0.1) is 0 Å². The highest BCUT2D eigenvalue weighted by Crippen LogP contribution is 2.49. The summed E-state index contributed by atoms with van der Waals surface area (Å²) in [6.45, 7) is 8.94. The highest BCUT2D eigenvalue weighted by atomic mass is 31.2. The standard InChI is InChI=1S/C25H45O9P/c1-6-11-12-13-14-15-16-19-22-20-17-18-21-23(22)33-24(29-7-2,30-8-3)25(31-9-4,32-10-5)34-35(26,27)28/h17-18,20-21H,6-16,19H2,1-5H3,(H2,26,27,28). The Kier molecular flexibility index (Phi) is 15.2. The van der Waals surface area contributed by atoms with E-state index in [4.69, 9.17) is 28.2 Å². The average Bonchev–Trinajstić information content (AvgIpc) is 2.79. The smallest absolute Gasteiger partial charge is 0.433 e. The quantitative estimate of drug-likeness (QED) is 0.116. The van der Waals surface area contributed by atoms with Crippen molar-refractivity contribution in [1.82, 2.24) is 0 Å². The molecule has 9 nitrogen and oxygen atoms in total. The van der Waals surface area contributed by atoms with Crippen LogP contribution in [-0.2, 0) is 34.5 Å². The Bertz CT molecular complexity index is 725. The second-order valence-corrected chi connectivity index (χ2v) is 9.17. The van der Waals surface area contributed by atoms with Crippen LogP contribution in [0.5, 0.6) is 5.75 Å². The Morgan fingerprint density at radius 1 is 0.714 bits per heavy atom. The van der Waals surface area contributed by atoms with Gasteiger partial charge in [0.2, 0.25) is 0 Å². The largest absolute Gasteiger partial charge is 0.474 e. The Morgan fingerprint density at radius 3 is 1.71 bits per heavy atom. The Hall–Kier alpha value is -1.03. The molecule has 0 aliphatic rings. The molecular formula is C25H45O9P. The van der Waals surface area contributed by atoms with Crippen LogP contribution in [0.2, 0.25) is 0 Å². The number of phosphoric acid groups is 1. The molecule has 0 saturated carbocycles. The van der Waals surface area contributed by atoms with E-state index in [1.54, 1.807) is 39.8 Å². The van der Waals surface area contributed by atoms with E-state index < -0.39 is 19.8 Å². The van der Waals surface area contributed by atoms with Crippen molar-refractivity contribution in [3.05, 3.63) is 29.8 Å². The van der Waals surface area contributed by atoms with E-state index in [0.717, 1.165) is 24.8 Å².